The molecule has 2 aliphatic rings. The Labute approximate surface area is 148 Å². The molecule has 0 unspecified atom stereocenters. The van der Waals surface area contributed by atoms with Gasteiger partial charge in [-0.05, 0) is 55.9 Å². The van der Waals surface area contributed by atoms with Crippen molar-refractivity contribution in [1.82, 2.24) is 10.2 Å². The zero-order valence-electron chi connectivity index (χ0n) is 15.0. The van der Waals surface area contributed by atoms with Crippen LogP contribution >= 0.6 is 0 Å². The fourth-order valence-corrected chi connectivity index (χ4v) is 4.03. The van der Waals surface area contributed by atoms with E-state index in [9.17, 15) is 14.4 Å². The highest BCUT2D eigenvalue weighted by Gasteiger charge is 2.55. The molecule has 2 atom stereocenters. The zero-order valence-corrected chi connectivity index (χ0v) is 15.0. The second-order valence-corrected chi connectivity index (χ2v) is 7.36. The first-order valence-corrected chi connectivity index (χ1v) is 8.84. The van der Waals surface area contributed by atoms with Gasteiger partial charge in [0.15, 0.2) is 0 Å². The molecule has 0 bridgehead atoms. The maximum absolute atomic E-state index is 12.9. The minimum absolute atomic E-state index is 0.0881. The number of urea groups is 1. The van der Waals surface area contributed by atoms with Crippen molar-refractivity contribution in [2.75, 3.05) is 11.9 Å². The Hall–Kier alpha value is -2.37. The lowest BCUT2D eigenvalue weighted by atomic mass is 9.73. The second kappa shape index (κ2) is 6.50. The van der Waals surface area contributed by atoms with E-state index in [0.29, 0.717) is 12.1 Å². The molecule has 134 valence electrons. The van der Waals surface area contributed by atoms with Crippen LogP contribution in [-0.4, -0.2) is 34.8 Å². The molecule has 6 heteroatoms. The molecule has 4 amide bonds. The number of anilines is 1. The molecule has 1 spiro atoms. The summed E-state index contributed by atoms with van der Waals surface area (Å²) in [4.78, 5) is 38.6. The van der Waals surface area contributed by atoms with Crippen LogP contribution in [0.15, 0.2) is 18.2 Å². The summed E-state index contributed by atoms with van der Waals surface area (Å²) in [6.07, 6.45) is 3.54. The van der Waals surface area contributed by atoms with Crippen LogP contribution in [0.3, 0.4) is 0 Å². The highest BCUT2D eigenvalue weighted by molar-refractivity contribution is 6.10. The Morgan fingerprint density at radius 3 is 2.56 bits per heavy atom. The topological polar surface area (TPSA) is 78.5 Å². The summed E-state index contributed by atoms with van der Waals surface area (Å²) in [6.45, 7) is 5.64. The normalized spacial score (nSPS) is 26.0. The number of nitrogens with zero attached hydrogens (tertiary/aromatic N) is 1. The molecule has 0 radical (unpaired) electrons. The lowest BCUT2D eigenvalue weighted by Gasteiger charge is -2.36. The fraction of sp³-hybridized carbons (Fsp3) is 0.526. The molecule has 2 N–H and O–H groups in total. The van der Waals surface area contributed by atoms with Crippen LogP contribution in [0.5, 0.6) is 0 Å². The Kier molecular flexibility index (Phi) is 4.54. The van der Waals surface area contributed by atoms with E-state index in [1.807, 2.05) is 39.0 Å². The van der Waals surface area contributed by atoms with Gasteiger partial charge in [-0.15, -0.1) is 0 Å². The maximum Gasteiger partial charge on any atom is 0.325 e. The van der Waals surface area contributed by atoms with E-state index < -0.39 is 11.6 Å². The molecule has 1 heterocycles. The van der Waals surface area contributed by atoms with Gasteiger partial charge in [-0.1, -0.05) is 25.8 Å². The molecular weight excluding hydrogens is 318 g/mol. The lowest BCUT2D eigenvalue weighted by Crippen LogP contribution is -2.54. The number of amides is 4. The number of aryl methyl sites for hydroxylation is 2. The summed E-state index contributed by atoms with van der Waals surface area (Å²) in [6, 6.07) is 5.28. The first-order chi connectivity index (χ1) is 11.8. The standard InChI is InChI=1S/C19H25N3O3/c1-12-8-13(2)10-15(9-12)20-16(23)11-22-17(24)19(21-18(22)25)7-5-4-6-14(19)3/h8-10,14H,4-7,11H2,1-3H3,(H,20,23)(H,21,25)/t14-,19+/m1/s1. The van der Waals surface area contributed by atoms with Gasteiger partial charge in [0.05, 0.1) is 0 Å². The van der Waals surface area contributed by atoms with Crippen LogP contribution < -0.4 is 10.6 Å². The van der Waals surface area contributed by atoms with Gasteiger partial charge in [0, 0.05) is 5.69 Å². The first kappa shape index (κ1) is 17.5. The molecule has 2 fully saturated rings. The molecule has 1 saturated heterocycles. The van der Waals surface area contributed by atoms with Crippen molar-refractivity contribution < 1.29 is 14.4 Å². The van der Waals surface area contributed by atoms with E-state index >= 15 is 0 Å². The predicted molar refractivity (Wildman–Crippen MR) is 95.2 cm³/mol. The molecule has 1 aliphatic carbocycles. The van der Waals surface area contributed by atoms with Gasteiger partial charge in [-0.25, -0.2) is 4.79 Å². The number of nitrogens with one attached hydrogen (secondary N) is 2. The zero-order chi connectivity index (χ0) is 18.2. The van der Waals surface area contributed by atoms with E-state index in [1.165, 1.54) is 0 Å². The van der Waals surface area contributed by atoms with E-state index in [-0.39, 0.29) is 24.3 Å². The number of carbonyl (C=O) groups is 3. The van der Waals surface area contributed by atoms with Gasteiger partial charge in [0.25, 0.3) is 5.91 Å². The number of hydrogen-bond donors (Lipinski definition) is 2. The third-order valence-corrected chi connectivity index (χ3v) is 5.31. The number of imide groups is 1. The fourth-order valence-electron chi connectivity index (χ4n) is 4.03. The van der Waals surface area contributed by atoms with Crippen LogP contribution in [0.4, 0.5) is 10.5 Å². The Balaban J connectivity index is 1.71. The highest BCUT2D eigenvalue weighted by Crippen LogP contribution is 2.38. The SMILES string of the molecule is Cc1cc(C)cc(NC(=O)CN2C(=O)N[C@]3(CCCC[C@H]3C)C2=O)c1. The smallest absolute Gasteiger partial charge is 0.325 e. The molecule has 0 aromatic heterocycles. The van der Waals surface area contributed by atoms with Gasteiger partial charge in [0.2, 0.25) is 5.91 Å². The highest BCUT2D eigenvalue weighted by atomic mass is 16.2. The lowest BCUT2D eigenvalue weighted by molar-refractivity contribution is -0.136. The predicted octanol–water partition coefficient (Wildman–Crippen LogP) is 2.74. The number of carbonyl (C=O) groups excluding carboxylic acids is 3. The van der Waals surface area contributed by atoms with Gasteiger partial charge >= 0.3 is 6.03 Å². The van der Waals surface area contributed by atoms with E-state index in [4.69, 9.17) is 0 Å². The molecule has 1 aromatic carbocycles. The molecule has 6 nitrogen and oxygen atoms in total. The Bertz CT molecular complexity index is 710. The van der Waals surface area contributed by atoms with E-state index in [2.05, 4.69) is 10.6 Å². The Morgan fingerprint density at radius 2 is 1.92 bits per heavy atom. The minimum atomic E-state index is -0.824. The summed E-state index contributed by atoms with van der Waals surface area (Å²) in [7, 11) is 0. The quantitative estimate of drug-likeness (QED) is 0.828. The van der Waals surface area contributed by atoms with Crippen molar-refractivity contribution in [2.45, 2.75) is 52.0 Å². The first-order valence-electron chi connectivity index (χ1n) is 8.84. The van der Waals surface area contributed by atoms with Crippen molar-refractivity contribution in [2.24, 2.45) is 5.92 Å². The largest absolute Gasteiger partial charge is 0.325 e. The summed E-state index contributed by atoms with van der Waals surface area (Å²) in [5.74, 6) is -0.542. The van der Waals surface area contributed by atoms with Gasteiger partial charge in [-0.3, -0.25) is 14.5 Å². The van der Waals surface area contributed by atoms with Gasteiger partial charge in [-0.2, -0.15) is 0 Å². The summed E-state index contributed by atoms with van der Waals surface area (Å²) < 4.78 is 0. The van der Waals surface area contributed by atoms with Crippen LogP contribution in [0.2, 0.25) is 0 Å². The van der Waals surface area contributed by atoms with Gasteiger partial charge < -0.3 is 10.6 Å². The number of hydrogen-bond acceptors (Lipinski definition) is 3. The van der Waals surface area contributed by atoms with Crippen LogP contribution in [-0.2, 0) is 9.59 Å². The van der Waals surface area contributed by atoms with Crippen molar-refractivity contribution in [3.05, 3.63) is 29.3 Å². The number of benzene rings is 1. The van der Waals surface area contributed by atoms with E-state index in [0.717, 1.165) is 35.3 Å². The van der Waals surface area contributed by atoms with E-state index in [1.54, 1.807) is 0 Å². The van der Waals surface area contributed by atoms with Crippen molar-refractivity contribution in [3.63, 3.8) is 0 Å². The average molecular weight is 343 g/mol. The Morgan fingerprint density at radius 1 is 1.24 bits per heavy atom. The van der Waals surface area contributed by atoms with Crippen LogP contribution in [0, 0.1) is 19.8 Å². The third-order valence-electron chi connectivity index (χ3n) is 5.31. The minimum Gasteiger partial charge on any atom is -0.325 e. The maximum atomic E-state index is 12.9. The van der Waals surface area contributed by atoms with Crippen molar-refractivity contribution in [3.8, 4) is 0 Å². The van der Waals surface area contributed by atoms with Gasteiger partial charge in [0.1, 0.15) is 12.1 Å². The van der Waals surface area contributed by atoms with Crippen molar-refractivity contribution >= 4 is 23.5 Å². The average Bonchev–Trinajstić information content (AvgIpc) is 2.74. The molecule has 25 heavy (non-hydrogen) atoms. The molecule has 1 saturated carbocycles. The summed E-state index contributed by atoms with van der Waals surface area (Å²) >= 11 is 0. The molecule has 1 aliphatic heterocycles. The van der Waals surface area contributed by atoms with Crippen LogP contribution in [0.25, 0.3) is 0 Å². The van der Waals surface area contributed by atoms with Crippen LogP contribution in [0.1, 0.15) is 43.7 Å². The molecular formula is C19H25N3O3. The monoisotopic (exact) mass is 343 g/mol. The summed E-state index contributed by atoms with van der Waals surface area (Å²) in [5.41, 5.74) is 1.94. The third kappa shape index (κ3) is 3.25. The molecule has 1 aromatic rings. The van der Waals surface area contributed by atoms with Crippen molar-refractivity contribution in [1.29, 1.82) is 0 Å². The number of rotatable bonds is 3. The summed E-state index contributed by atoms with van der Waals surface area (Å²) in [5, 5.41) is 5.65. The second-order valence-electron chi connectivity index (χ2n) is 7.36. The molecule has 3 rings (SSSR count).